The quantitative estimate of drug-likeness (QED) is 0.298. The van der Waals surface area contributed by atoms with Crippen LogP contribution in [0.3, 0.4) is 0 Å². The molecular weight excluding hydrogens is 435 g/mol. The Bertz CT molecular complexity index is 770. The summed E-state index contributed by atoms with van der Waals surface area (Å²) in [7, 11) is 2.72. The maximum absolute atomic E-state index is 5.81. The molecule has 0 aliphatic heterocycles. The fourth-order valence-electron chi connectivity index (χ4n) is 2.16. The largest absolute Gasteiger partial charge is 0.105 e. The summed E-state index contributed by atoms with van der Waals surface area (Å²) in [4.78, 5) is 0. The van der Waals surface area contributed by atoms with Gasteiger partial charge in [0.25, 0.3) is 0 Å². The average molecular weight is 464 g/mol. The minimum Gasteiger partial charge on any atom is -0.105 e. The van der Waals surface area contributed by atoms with Gasteiger partial charge in [0.05, 0.1) is 0 Å². The summed E-state index contributed by atoms with van der Waals surface area (Å²) < 4.78 is 1.20. The summed E-state index contributed by atoms with van der Waals surface area (Å²) in [5.41, 5.74) is 7.61. The molecule has 0 bridgehead atoms. The van der Waals surface area contributed by atoms with Gasteiger partial charge in [-0.2, -0.15) is 0 Å². The first-order valence-corrected chi connectivity index (χ1v) is 10.6. The van der Waals surface area contributed by atoms with Gasteiger partial charge in [-0.1, -0.05) is 75.6 Å². The van der Waals surface area contributed by atoms with Crippen LogP contribution >= 0.6 is 36.8 Å². The zero-order valence-electron chi connectivity index (χ0n) is 17.0. The van der Waals surface area contributed by atoms with Gasteiger partial charge in [-0.05, 0) is 86.8 Å². The molecule has 0 saturated carbocycles. The van der Waals surface area contributed by atoms with Crippen molar-refractivity contribution in [1.82, 2.24) is 0 Å². The molecule has 3 rings (SSSR count). The van der Waals surface area contributed by atoms with Crippen LogP contribution in [0.4, 0.5) is 0 Å². The highest BCUT2D eigenvalue weighted by molar-refractivity contribution is 9.10. The van der Waals surface area contributed by atoms with Crippen molar-refractivity contribution < 1.29 is 0 Å². The Morgan fingerprint density at radius 1 is 0.630 bits per heavy atom. The zero-order chi connectivity index (χ0) is 20.6. The summed E-state index contributed by atoms with van der Waals surface area (Å²) in [6.07, 6.45) is 0. The van der Waals surface area contributed by atoms with Gasteiger partial charge in [-0.15, -0.1) is 9.24 Å². The zero-order valence-corrected chi connectivity index (χ0v) is 20.5. The standard InChI is InChI=1S/C8H9Br.C8H9Cl.C8H11P/c3*1-6-3-4-7(2)8(9)5-6/h2*3-5H,1-2H3;3-5H,9H2,1-2H3. The van der Waals surface area contributed by atoms with Crippen molar-refractivity contribution in [3.8, 4) is 0 Å². The van der Waals surface area contributed by atoms with Crippen LogP contribution in [0, 0.1) is 41.5 Å². The van der Waals surface area contributed by atoms with Crippen LogP contribution < -0.4 is 5.30 Å². The van der Waals surface area contributed by atoms with Crippen LogP contribution in [-0.4, -0.2) is 0 Å². The minimum absolute atomic E-state index is 0.856. The second-order valence-electron chi connectivity index (χ2n) is 6.87. The molecular formula is C24H29BrClP. The predicted octanol–water partition coefficient (Wildman–Crippen LogP) is 7.83. The third kappa shape index (κ3) is 9.06. The second-order valence-corrected chi connectivity index (χ2v) is 8.75. The van der Waals surface area contributed by atoms with E-state index in [1.807, 2.05) is 26.0 Å². The maximum Gasteiger partial charge on any atom is 0.0437 e. The molecule has 0 heterocycles. The lowest BCUT2D eigenvalue weighted by atomic mass is 10.2. The number of halogens is 2. The van der Waals surface area contributed by atoms with E-state index in [0.29, 0.717) is 0 Å². The van der Waals surface area contributed by atoms with E-state index in [0.717, 1.165) is 10.6 Å². The number of hydrogen-bond donors (Lipinski definition) is 0. The van der Waals surface area contributed by atoms with Gasteiger partial charge in [0.1, 0.15) is 0 Å². The normalized spacial score (nSPS) is 9.67. The van der Waals surface area contributed by atoms with E-state index in [9.17, 15) is 0 Å². The molecule has 0 aliphatic rings. The molecule has 0 saturated heterocycles. The number of rotatable bonds is 0. The lowest BCUT2D eigenvalue weighted by molar-refractivity contribution is 1.37. The van der Waals surface area contributed by atoms with Crippen LogP contribution in [0.15, 0.2) is 59.1 Å². The first kappa shape index (κ1) is 23.9. The number of hydrogen-bond acceptors (Lipinski definition) is 0. The van der Waals surface area contributed by atoms with Crippen molar-refractivity contribution in [2.75, 3.05) is 0 Å². The van der Waals surface area contributed by atoms with Gasteiger partial charge in [0, 0.05) is 9.50 Å². The van der Waals surface area contributed by atoms with Crippen molar-refractivity contribution >= 4 is 42.1 Å². The minimum atomic E-state index is 0.856. The summed E-state index contributed by atoms with van der Waals surface area (Å²) in [6, 6.07) is 18.8. The summed E-state index contributed by atoms with van der Waals surface area (Å²) in [5.74, 6) is 0. The van der Waals surface area contributed by atoms with E-state index < -0.39 is 0 Å². The highest BCUT2D eigenvalue weighted by Crippen LogP contribution is 2.16. The third-order valence-corrected chi connectivity index (χ3v) is 5.97. The SMILES string of the molecule is Cc1ccc(C)c(Br)c1.Cc1ccc(C)c(Cl)c1.Cc1ccc(C)c(P)c1. The topological polar surface area (TPSA) is 0 Å². The molecule has 0 amide bonds. The fourth-order valence-corrected chi connectivity index (χ4v) is 3.24. The molecule has 3 aromatic rings. The molecule has 0 aromatic heterocycles. The molecule has 0 N–H and O–H groups in total. The monoisotopic (exact) mass is 462 g/mol. The van der Waals surface area contributed by atoms with Crippen molar-refractivity contribution in [3.63, 3.8) is 0 Å². The number of aryl methyl sites for hydroxylation is 6. The Kier molecular flexibility index (Phi) is 10.3. The average Bonchev–Trinajstić information content (AvgIpc) is 2.60. The van der Waals surface area contributed by atoms with Gasteiger partial charge in [0.15, 0.2) is 0 Å². The van der Waals surface area contributed by atoms with Gasteiger partial charge in [0.2, 0.25) is 0 Å². The molecule has 0 spiro atoms. The Morgan fingerprint density at radius 2 is 1.07 bits per heavy atom. The smallest absolute Gasteiger partial charge is 0.0437 e. The Labute approximate surface area is 180 Å². The van der Waals surface area contributed by atoms with E-state index in [1.54, 1.807) is 0 Å². The molecule has 0 aliphatic carbocycles. The lowest BCUT2D eigenvalue weighted by Crippen LogP contribution is -1.95. The first-order chi connectivity index (χ1) is 12.6. The van der Waals surface area contributed by atoms with Crippen molar-refractivity contribution in [3.05, 3.63) is 97.5 Å². The molecule has 0 radical (unpaired) electrons. The molecule has 27 heavy (non-hydrogen) atoms. The molecule has 0 fully saturated rings. The molecule has 1 unspecified atom stereocenters. The Hall–Kier alpha value is -1.14. The van der Waals surface area contributed by atoms with Crippen molar-refractivity contribution in [1.29, 1.82) is 0 Å². The van der Waals surface area contributed by atoms with Gasteiger partial charge >= 0.3 is 0 Å². The number of benzene rings is 3. The third-order valence-electron chi connectivity index (χ3n) is 4.09. The maximum atomic E-state index is 5.81. The lowest BCUT2D eigenvalue weighted by Gasteiger charge is -1.98. The van der Waals surface area contributed by atoms with Gasteiger partial charge < -0.3 is 0 Å². The molecule has 1 atom stereocenters. The van der Waals surface area contributed by atoms with E-state index in [2.05, 4.69) is 95.3 Å². The van der Waals surface area contributed by atoms with E-state index in [-0.39, 0.29) is 0 Å². The fraction of sp³-hybridized carbons (Fsp3) is 0.250. The van der Waals surface area contributed by atoms with Crippen LogP contribution in [-0.2, 0) is 0 Å². The Morgan fingerprint density at radius 3 is 1.44 bits per heavy atom. The van der Waals surface area contributed by atoms with Crippen LogP contribution in [0.2, 0.25) is 5.02 Å². The summed E-state index contributed by atoms with van der Waals surface area (Å²) in [5, 5.41) is 2.16. The highest BCUT2D eigenvalue weighted by atomic mass is 79.9. The highest BCUT2D eigenvalue weighted by Gasteiger charge is 1.92. The molecule has 0 nitrogen and oxygen atoms in total. The summed E-state index contributed by atoms with van der Waals surface area (Å²) in [6.45, 7) is 12.4. The van der Waals surface area contributed by atoms with E-state index in [1.165, 1.54) is 37.6 Å². The van der Waals surface area contributed by atoms with Gasteiger partial charge in [-0.3, -0.25) is 0 Å². The second kappa shape index (κ2) is 11.6. The van der Waals surface area contributed by atoms with E-state index >= 15 is 0 Å². The van der Waals surface area contributed by atoms with Crippen LogP contribution in [0.25, 0.3) is 0 Å². The first-order valence-electron chi connectivity index (χ1n) is 8.88. The van der Waals surface area contributed by atoms with Crippen molar-refractivity contribution in [2.24, 2.45) is 0 Å². The van der Waals surface area contributed by atoms with Crippen LogP contribution in [0.5, 0.6) is 0 Å². The Balaban J connectivity index is 0.000000202. The predicted molar refractivity (Wildman–Crippen MR) is 130 cm³/mol. The summed E-state index contributed by atoms with van der Waals surface area (Å²) >= 11 is 9.26. The van der Waals surface area contributed by atoms with Crippen molar-refractivity contribution in [2.45, 2.75) is 41.5 Å². The molecule has 144 valence electrons. The van der Waals surface area contributed by atoms with E-state index in [4.69, 9.17) is 11.6 Å². The molecule has 3 heteroatoms. The van der Waals surface area contributed by atoms with Gasteiger partial charge in [-0.25, -0.2) is 0 Å². The molecule has 3 aromatic carbocycles. The van der Waals surface area contributed by atoms with Crippen LogP contribution in [0.1, 0.15) is 33.4 Å².